The molecule has 0 N–H and O–H groups in total. The van der Waals surface area contributed by atoms with Crippen LogP contribution in [0.3, 0.4) is 0 Å². The van der Waals surface area contributed by atoms with Gasteiger partial charge in [0.15, 0.2) is 0 Å². The Bertz CT molecular complexity index is 1020. The maximum atomic E-state index is 13.0. The molecule has 4 rings (SSSR count). The molecule has 26 heavy (non-hydrogen) atoms. The second kappa shape index (κ2) is 6.54. The van der Waals surface area contributed by atoms with E-state index in [0.29, 0.717) is 11.9 Å². The fourth-order valence-electron chi connectivity index (χ4n) is 4.16. The van der Waals surface area contributed by atoms with E-state index in [1.165, 1.54) is 4.68 Å². The first-order chi connectivity index (χ1) is 12.5. The van der Waals surface area contributed by atoms with Gasteiger partial charge in [-0.25, -0.2) is 4.68 Å². The molecule has 6 nitrogen and oxygen atoms in total. The van der Waals surface area contributed by atoms with E-state index < -0.39 is 0 Å². The Kier molecular flexibility index (Phi) is 4.34. The lowest BCUT2D eigenvalue weighted by molar-refractivity contribution is -0.138. The highest BCUT2D eigenvalue weighted by molar-refractivity contribution is 7.16. The number of carbonyl (C=O) groups excluding carboxylic acids is 1. The molecule has 1 amide bonds. The number of likely N-dealkylation sites (tertiary alicyclic amines) is 1. The Morgan fingerprint density at radius 3 is 2.73 bits per heavy atom. The molecule has 0 aliphatic carbocycles. The van der Waals surface area contributed by atoms with Gasteiger partial charge < -0.3 is 4.90 Å². The van der Waals surface area contributed by atoms with E-state index in [2.05, 4.69) is 18.9 Å². The number of piperidine rings is 1. The van der Waals surface area contributed by atoms with Gasteiger partial charge in [-0.15, -0.1) is 11.3 Å². The minimum absolute atomic E-state index is 0.00976. The van der Waals surface area contributed by atoms with Crippen LogP contribution in [-0.4, -0.2) is 37.1 Å². The summed E-state index contributed by atoms with van der Waals surface area (Å²) >= 11 is 1.60. The summed E-state index contributed by atoms with van der Waals surface area (Å²) in [6, 6.07) is 4.35. The third-order valence-electron chi connectivity index (χ3n) is 5.44. The van der Waals surface area contributed by atoms with E-state index in [1.54, 1.807) is 11.3 Å². The van der Waals surface area contributed by atoms with Crippen LogP contribution in [0.4, 0.5) is 0 Å². The molecule has 0 saturated carbocycles. The highest BCUT2D eigenvalue weighted by Crippen LogP contribution is 2.25. The molecule has 1 saturated heterocycles. The fourth-order valence-corrected chi connectivity index (χ4v) is 5.07. The second-order valence-corrected chi connectivity index (χ2v) is 8.10. The number of hydrogen-bond donors (Lipinski definition) is 0. The quantitative estimate of drug-likeness (QED) is 0.710. The van der Waals surface area contributed by atoms with Crippen LogP contribution in [0.5, 0.6) is 0 Å². The molecule has 1 aliphatic heterocycles. The van der Waals surface area contributed by atoms with Crippen LogP contribution in [0.1, 0.15) is 45.9 Å². The lowest BCUT2D eigenvalue weighted by atomic mass is 9.97. The van der Waals surface area contributed by atoms with Crippen molar-refractivity contribution in [2.75, 3.05) is 0 Å². The van der Waals surface area contributed by atoms with Crippen molar-refractivity contribution in [3.05, 3.63) is 33.7 Å². The number of nitrogens with zero attached hydrogens (tertiary/aromatic N) is 4. The number of amides is 1. The average Bonchev–Trinajstić information content (AvgIpc) is 3.18. The lowest BCUT2D eigenvalue weighted by Gasteiger charge is -2.39. The van der Waals surface area contributed by atoms with Crippen LogP contribution in [0.15, 0.2) is 22.3 Å². The molecule has 0 aromatic carbocycles. The monoisotopic (exact) mass is 372 g/mol. The average molecular weight is 372 g/mol. The van der Waals surface area contributed by atoms with E-state index >= 15 is 0 Å². The molecule has 3 aromatic rings. The molecule has 0 radical (unpaired) electrons. The van der Waals surface area contributed by atoms with Crippen LogP contribution >= 0.6 is 11.3 Å². The van der Waals surface area contributed by atoms with E-state index in [4.69, 9.17) is 0 Å². The van der Waals surface area contributed by atoms with Gasteiger partial charge in [-0.1, -0.05) is 6.92 Å². The second-order valence-electron chi connectivity index (χ2n) is 7.21. The third-order valence-corrected chi connectivity index (χ3v) is 6.35. The number of fused-ring (bicyclic) bond motifs is 3. The molecule has 1 aliphatic rings. The molecule has 0 unspecified atom stereocenters. The van der Waals surface area contributed by atoms with Gasteiger partial charge in [0.1, 0.15) is 22.7 Å². The summed E-state index contributed by atoms with van der Waals surface area (Å²) in [4.78, 5) is 28.9. The van der Waals surface area contributed by atoms with Crippen LogP contribution in [0.25, 0.3) is 15.7 Å². The molecule has 138 valence electrons. The molecule has 1 fully saturated rings. The van der Waals surface area contributed by atoms with E-state index in [-0.39, 0.29) is 30.1 Å². The molecule has 7 heteroatoms. The first kappa shape index (κ1) is 17.3. The molecule has 4 heterocycles. The summed E-state index contributed by atoms with van der Waals surface area (Å²) in [7, 11) is 0. The number of aromatic nitrogens is 3. The minimum Gasteiger partial charge on any atom is -0.336 e. The molecule has 2 atom stereocenters. The van der Waals surface area contributed by atoms with Crippen molar-refractivity contribution in [1.82, 2.24) is 19.1 Å². The number of hydrogen-bond acceptors (Lipinski definition) is 4. The number of thiophene rings is 1. The van der Waals surface area contributed by atoms with Gasteiger partial charge in [0, 0.05) is 23.9 Å². The van der Waals surface area contributed by atoms with Gasteiger partial charge in [-0.2, -0.15) is 5.10 Å². The van der Waals surface area contributed by atoms with Gasteiger partial charge in [-0.3, -0.25) is 14.0 Å². The lowest BCUT2D eigenvalue weighted by Crippen LogP contribution is -2.49. The first-order valence-electron chi connectivity index (χ1n) is 9.31. The summed E-state index contributed by atoms with van der Waals surface area (Å²) in [5.74, 6) is 0.795. The summed E-state index contributed by atoms with van der Waals surface area (Å²) in [5, 5.41) is 7.60. The van der Waals surface area contributed by atoms with Crippen molar-refractivity contribution in [3.63, 3.8) is 0 Å². The zero-order chi connectivity index (χ0) is 18.4. The predicted molar refractivity (Wildman–Crippen MR) is 104 cm³/mol. The SMILES string of the molecule is CCc1nn(CC(=O)N2[C@@H](C)CCC[C@@H]2C)c(=O)c2cc3ccsc3n12. The fraction of sp³-hybridized carbons (Fsp3) is 0.526. The van der Waals surface area contributed by atoms with Crippen LogP contribution in [0.2, 0.25) is 0 Å². The molecular weight excluding hydrogens is 348 g/mol. The van der Waals surface area contributed by atoms with Crippen molar-refractivity contribution >= 4 is 33.0 Å². The van der Waals surface area contributed by atoms with Gasteiger partial charge in [0.2, 0.25) is 5.91 Å². The predicted octanol–water partition coefficient (Wildman–Crippen LogP) is 3.06. The highest BCUT2D eigenvalue weighted by atomic mass is 32.1. The Balaban J connectivity index is 1.76. The summed E-state index contributed by atoms with van der Waals surface area (Å²) in [5.41, 5.74) is 0.405. The Morgan fingerprint density at radius 1 is 1.31 bits per heavy atom. The van der Waals surface area contributed by atoms with Crippen molar-refractivity contribution < 1.29 is 4.79 Å². The topological polar surface area (TPSA) is 59.6 Å². The Labute approximate surface area is 156 Å². The van der Waals surface area contributed by atoms with E-state index in [1.807, 2.05) is 33.7 Å². The van der Waals surface area contributed by atoms with Crippen molar-refractivity contribution in [2.45, 2.75) is 65.1 Å². The maximum Gasteiger partial charge on any atom is 0.291 e. The van der Waals surface area contributed by atoms with Crippen LogP contribution < -0.4 is 5.56 Å². The minimum atomic E-state index is -0.198. The smallest absolute Gasteiger partial charge is 0.291 e. The molecule has 0 spiro atoms. The van der Waals surface area contributed by atoms with Crippen LogP contribution in [-0.2, 0) is 17.8 Å². The molecule has 0 bridgehead atoms. The number of aryl methyl sites for hydroxylation is 1. The van der Waals surface area contributed by atoms with Gasteiger partial charge >= 0.3 is 0 Å². The Morgan fingerprint density at radius 2 is 2.04 bits per heavy atom. The third kappa shape index (κ3) is 2.65. The highest BCUT2D eigenvalue weighted by Gasteiger charge is 2.29. The maximum absolute atomic E-state index is 13.0. The van der Waals surface area contributed by atoms with E-state index in [9.17, 15) is 9.59 Å². The van der Waals surface area contributed by atoms with Gasteiger partial charge in [-0.05, 0) is 50.6 Å². The first-order valence-corrected chi connectivity index (χ1v) is 10.2. The normalized spacial score (nSPS) is 21.0. The molecular formula is C19H24N4O2S. The standard InChI is InChI=1S/C19H24N4O2S/c1-4-16-20-21(11-17(24)22-12(2)6-5-7-13(22)3)18(25)15-10-14-8-9-26-19(14)23(15)16/h8-10,12-13H,4-7,11H2,1-3H3/t12-,13-/m0/s1. The largest absolute Gasteiger partial charge is 0.336 e. The van der Waals surface area contributed by atoms with Gasteiger partial charge in [0.25, 0.3) is 5.56 Å². The van der Waals surface area contributed by atoms with Gasteiger partial charge in [0.05, 0.1) is 0 Å². The number of rotatable bonds is 3. The van der Waals surface area contributed by atoms with E-state index in [0.717, 1.165) is 35.3 Å². The Hall–Kier alpha value is -2.15. The van der Waals surface area contributed by atoms with Crippen molar-refractivity contribution in [3.8, 4) is 0 Å². The molecule has 3 aromatic heterocycles. The van der Waals surface area contributed by atoms with Crippen molar-refractivity contribution in [2.24, 2.45) is 0 Å². The number of carbonyl (C=O) groups is 1. The van der Waals surface area contributed by atoms with Crippen LogP contribution in [0, 0.1) is 0 Å². The zero-order valence-corrected chi connectivity index (χ0v) is 16.3. The summed E-state index contributed by atoms with van der Waals surface area (Å²) < 4.78 is 3.30. The zero-order valence-electron chi connectivity index (χ0n) is 15.4. The van der Waals surface area contributed by atoms with Crippen molar-refractivity contribution in [1.29, 1.82) is 0 Å². The summed E-state index contributed by atoms with van der Waals surface area (Å²) in [6.45, 7) is 6.21. The summed E-state index contributed by atoms with van der Waals surface area (Å²) in [6.07, 6.45) is 3.89.